The molecule has 0 aromatic carbocycles. The molecule has 5 unspecified atom stereocenters. The van der Waals surface area contributed by atoms with Crippen LogP contribution in [0.1, 0.15) is 367 Å². The van der Waals surface area contributed by atoms with Crippen molar-refractivity contribution in [2.24, 2.45) is 0 Å². The largest absolute Gasteiger partial charge is 0.472 e. The van der Waals surface area contributed by atoms with Crippen molar-refractivity contribution in [2.45, 2.75) is 386 Å². The molecule has 18 heteroatoms. The van der Waals surface area contributed by atoms with Gasteiger partial charge in [-0.15, -0.1) is 0 Å². The molecule has 0 aliphatic carbocycles. The van der Waals surface area contributed by atoms with E-state index in [0.717, 1.165) is 161 Å². The smallest absolute Gasteiger partial charge is 0.463 e. The molecule has 0 bridgehead atoms. The van der Waals surface area contributed by atoms with Gasteiger partial charge in [0.15, 0.2) is 6.10 Å². The van der Waals surface area contributed by atoms with E-state index in [4.69, 9.17) is 32.3 Å². The standard InChI is InChI=1S/C93H160O16P2/c1-4-7-10-13-16-19-22-25-28-30-32-34-36-38-40-41-42-43-44-45-47-49-50-52-54-56-59-61-64-67-70-73-76-79-91(96)103-82-88(94)83-105-110(99,100)106-84-89(95)85-107-111(101,102)108-87-90(109-93(98)81-78-75-72-69-66-63-58-27-24-21-18-15-12-9-6-3)86-104-92(97)80-77-74-71-68-65-62-60-57-55-53-51-48-46-39-37-35-33-31-29-26-23-20-17-14-11-8-5-2/h7,10,16-21,25-29,32-35,38-40,42-43,46,58,88-90,94-95H,4-6,8-9,11-15,22-24,30-31,36-37,41,44-45,47-57,59-87H2,1-3H3,(H,99,100)(H,101,102)/b10-7-,19-16-,20-17-,21-18-,28-25-,29-26-,34-32-,35-33-,40-38-,43-42-,46-39-,58-27-. The van der Waals surface area contributed by atoms with Crippen LogP contribution in [0.4, 0.5) is 0 Å². The number of allylic oxidation sites excluding steroid dienone is 24. The number of ether oxygens (including phenoxy) is 3. The van der Waals surface area contributed by atoms with E-state index in [2.05, 4.69) is 167 Å². The van der Waals surface area contributed by atoms with Crippen LogP contribution in [0.3, 0.4) is 0 Å². The molecule has 638 valence electrons. The number of esters is 3. The van der Waals surface area contributed by atoms with Gasteiger partial charge in [-0.05, 0) is 148 Å². The maximum atomic E-state index is 13.0. The van der Waals surface area contributed by atoms with Crippen LogP contribution < -0.4 is 0 Å². The highest BCUT2D eigenvalue weighted by Crippen LogP contribution is 2.45. The molecule has 0 saturated carbocycles. The number of phosphoric acid groups is 2. The van der Waals surface area contributed by atoms with E-state index in [1.165, 1.54) is 148 Å². The highest BCUT2D eigenvalue weighted by Gasteiger charge is 2.29. The van der Waals surface area contributed by atoms with Gasteiger partial charge in [-0.3, -0.25) is 32.5 Å². The molecule has 0 saturated heterocycles. The lowest BCUT2D eigenvalue weighted by atomic mass is 10.0. The van der Waals surface area contributed by atoms with E-state index < -0.39 is 91.5 Å². The minimum atomic E-state index is -4.94. The Bertz CT molecular complexity index is 2600. The van der Waals surface area contributed by atoms with Crippen molar-refractivity contribution in [2.75, 3.05) is 39.6 Å². The maximum absolute atomic E-state index is 13.0. The van der Waals surface area contributed by atoms with Crippen molar-refractivity contribution in [3.05, 3.63) is 146 Å². The molecule has 4 N–H and O–H groups in total. The van der Waals surface area contributed by atoms with Gasteiger partial charge in [0.1, 0.15) is 25.4 Å². The Hall–Kier alpha value is -4.57. The number of carbonyl (C=O) groups is 3. The van der Waals surface area contributed by atoms with E-state index >= 15 is 0 Å². The molecule has 0 heterocycles. The van der Waals surface area contributed by atoms with Gasteiger partial charge < -0.3 is 34.2 Å². The lowest BCUT2D eigenvalue weighted by Crippen LogP contribution is -2.30. The first-order chi connectivity index (χ1) is 54.2. The SMILES string of the molecule is CC/C=C\C/C=C\C/C=C\C/C=C\C/C=C\C/C=C\CCCCCCCCCCCCCCCCC(=O)OCC(O)COP(=O)(O)OCC(O)COP(=O)(O)OCC(COC(=O)CCCCCCCCCCCCC/C=C\C/C=C\C/C=C\C/C=C\CCCCC)OC(=O)CCCCCCC/C=C\C/C=C\CCCCC. The van der Waals surface area contributed by atoms with Crippen LogP contribution in [0.2, 0.25) is 0 Å². The molecule has 0 aromatic heterocycles. The van der Waals surface area contributed by atoms with Crippen molar-refractivity contribution in [1.29, 1.82) is 0 Å². The Labute approximate surface area is 677 Å². The summed E-state index contributed by atoms with van der Waals surface area (Å²) in [5.74, 6) is -1.59. The van der Waals surface area contributed by atoms with Crippen LogP contribution in [-0.2, 0) is 55.8 Å². The highest BCUT2D eigenvalue weighted by molar-refractivity contribution is 7.47. The van der Waals surface area contributed by atoms with Crippen LogP contribution in [0.25, 0.3) is 0 Å². The molecule has 0 amide bonds. The summed E-state index contributed by atoms with van der Waals surface area (Å²) in [6, 6.07) is 0. The summed E-state index contributed by atoms with van der Waals surface area (Å²) in [4.78, 5) is 58.8. The second-order valence-corrected chi connectivity index (χ2v) is 32.2. The third-order valence-corrected chi connectivity index (χ3v) is 20.4. The monoisotopic (exact) mass is 1600 g/mol. The molecule has 0 aliphatic rings. The van der Waals surface area contributed by atoms with Crippen LogP contribution >= 0.6 is 15.6 Å². The number of aliphatic hydroxyl groups excluding tert-OH is 2. The van der Waals surface area contributed by atoms with Crippen LogP contribution in [0, 0.1) is 0 Å². The summed E-state index contributed by atoms with van der Waals surface area (Å²) in [6.07, 6.45) is 106. The van der Waals surface area contributed by atoms with Gasteiger partial charge in [-0.25, -0.2) is 9.13 Å². The zero-order valence-electron chi connectivity index (χ0n) is 70.1. The molecule has 0 aliphatic heterocycles. The Morgan fingerprint density at radius 1 is 0.261 bits per heavy atom. The highest BCUT2D eigenvalue weighted by atomic mass is 31.2. The van der Waals surface area contributed by atoms with Crippen molar-refractivity contribution >= 4 is 33.6 Å². The van der Waals surface area contributed by atoms with Crippen molar-refractivity contribution in [1.82, 2.24) is 0 Å². The number of rotatable bonds is 83. The number of aliphatic hydroxyl groups is 2. The Morgan fingerprint density at radius 2 is 0.477 bits per heavy atom. The fourth-order valence-electron chi connectivity index (χ4n) is 11.8. The lowest BCUT2D eigenvalue weighted by molar-refractivity contribution is -0.161. The Morgan fingerprint density at radius 3 is 0.757 bits per heavy atom. The summed E-state index contributed by atoms with van der Waals surface area (Å²) >= 11 is 0. The topological polar surface area (TPSA) is 231 Å². The van der Waals surface area contributed by atoms with Gasteiger partial charge >= 0.3 is 33.6 Å². The number of hydrogen-bond acceptors (Lipinski definition) is 14. The van der Waals surface area contributed by atoms with Crippen LogP contribution in [0.5, 0.6) is 0 Å². The lowest BCUT2D eigenvalue weighted by Gasteiger charge is -2.21. The minimum Gasteiger partial charge on any atom is -0.463 e. The van der Waals surface area contributed by atoms with Crippen molar-refractivity contribution in [3.8, 4) is 0 Å². The summed E-state index contributed by atoms with van der Waals surface area (Å²) in [5.41, 5.74) is 0. The first kappa shape index (κ1) is 106. The fraction of sp³-hybridized carbons (Fsp3) is 0.710. The maximum Gasteiger partial charge on any atom is 0.472 e. The summed E-state index contributed by atoms with van der Waals surface area (Å²) in [7, 11) is -9.80. The van der Waals surface area contributed by atoms with E-state index in [1.807, 2.05) is 0 Å². The van der Waals surface area contributed by atoms with Gasteiger partial charge in [0.05, 0.1) is 26.4 Å². The predicted molar refractivity (Wildman–Crippen MR) is 463 cm³/mol. The third-order valence-electron chi connectivity index (χ3n) is 18.5. The Balaban J connectivity index is 4.48. The third kappa shape index (κ3) is 86.1. The molecular weight excluding hydrogens is 1430 g/mol. The van der Waals surface area contributed by atoms with Gasteiger partial charge in [0.25, 0.3) is 0 Å². The number of carbonyl (C=O) groups excluding carboxylic acids is 3. The number of phosphoric ester groups is 2. The first-order valence-corrected chi connectivity index (χ1v) is 47.1. The van der Waals surface area contributed by atoms with Crippen molar-refractivity contribution in [3.63, 3.8) is 0 Å². The minimum absolute atomic E-state index is 0.0865. The molecule has 0 rings (SSSR count). The number of unbranched alkanes of at least 4 members (excludes halogenated alkanes) is 36. The molecule has 0 radical (unpaired) electrons. The van der Waals surface area contributed by atoms with Crippen LogP contribution in [0.15, 0.2) is 146 Å². The van der Waals surface area contributed by atoms with Crippen molar-refractivity contribution < 1.29 is 75.8 Å². The van der Waals surface area contributed by atoms with E-state index in [9.17, 15) is 43.5 Å². The summed E-state index contributed by atoms with van der Waals surface area (Å²) < 4.78 is 61.3. The average molecular weight is 1600 g/mol. The average Bonchev–Trinajstić information content (AvgIpc) is 0.902. The normalized spacial score (nSPS) is 14.5. The fourth-order valence-corrected chi connectivity index (χ4v) is 13.4. The zero-order chi connectivity index (χ0) is 80.8. The molecule has 5 atom stereocenters. The molecular formula is C93H160O16P2. The zero-order valence-corrected chi connectivity index (χ0v) is 71.9. The second-order valence-electron chi connectivity index (χ2n) is 29.3. The van der Waals surface area contributed by atoms with E-state index in [0.29, 0.717) is 19.3 Å². The van der Waals surface area contributed by atoms with Gasteiger partial charge in [0, 0.05) is 19.3 Å². The first-order valence-electron chi connectivity index (χ1n) is 44.1. The quantitative estimate of drug-likeness (QED) is 0.0146. The second kappa shape index (κ2) is 84.8. The van der Waals surface area contributed by atoms with Gasteiger partial charge in [-0.2, -0.15) is 0 Å². The van der Waals surface area contributed by atoms with Gasteiger partial charge in [0.2, 0.25) is 0 Å². The summed E-state index contributed by atoms with van der Waals surface area (Å²) in [5, 5.41) is 20.7. The van der Waals surface area contributed by atoms with E-state index in [1.54, 1.807) is 0 Å². The van der Waals surface area contributed by atoms with E-state index in [-0.39, 0.29) is 19.3 Å². The number of hydrogen-bond donors (Lipinski definition) is 4. The molecule has 0 aromatic rings. The predicted octanol–water partition coefficient (Wildman–Crippen LogP) is 26.8. The molecule has 0 fully saturated rings. The molecule has 16 nitrogen and oxygen atoms in total. The van der Waals surface area contributed by atoms with Crippen LogP contribution in [-0.4, -0.2) is 95.9 Å². The van der Waals surface area contributed by atoms with Gasteiger partial charge in [-0.1, -0.05) is 346 Å². The Kier molecular flexibility index (Phi) is 81.3. The molecule has 111 heavy (non-hydrogen) atoms. The molecule has 0 spiro atoms. The summed E-state index contributed by atoms with van der Waals surface area (Å²) in [6.45, 7) is 2.53.